The molecule has 3 nitrogen and oxygen atoms in total. The average Bonchev–Trinajstić information content (AvgIpc) is 2.59. The molecule has 1 fully saturated rings. The van der Waals surface area contributed by atoms with Gasteiger partial charge in [-0.05, 0) is 45.0 Å². The fourth-order valence-electron chi connectivity index (χ4n) is 2.62. The zero-order valence-electron chi connectivity index (χ0n) is 10.3. The van der Waals surface area contributed by atoms with Crippen molar-refractivity contribution in [2.45, 2.75) is 45.2 Å². The summed E-state index contributed by atoms with van der Waals surface area (Å²) in [5, 5.41) is 0. The van der Waals surface area contributed by atoms with E-state index in [0.717, 1.165) is 31.0 Å². The van der Waals surface area contributed by atoms with Gasteiger partial charge < -0.3 is 10.2 Å². The Morgan fingerprint density at radius 3 is 2.88 bits per heavy atom. The summed E-state index contributed by atoms with van der Waals surface area (Å²) >= 11 is 0. The molecule has 1 saturated heterocycles. The van der Waals surface area contributed by atoms with Crippen molar-refractivity contribution in [3.8, 4) is 0 Å². The number of hydrogen-bond donors (Lipinski definition) is 1. The fourth-order valence-corrected chi connectivity index (χ4v) is 2.62. The van der Waals surface area contributed by atoms with E-state index in [2.05, 4.69) is 17.9 Å². The third-order valence-electron chi connectivity index (χ3n) is 3.49. The second-order valence-electron chi connectivity index (χ2n) is 4.68. The first-order valence-electron chi connectivity index (χ1n) is 6.28. The molecule has 0 saturated carbocycles. The quantitative estimate of drug-likeness (QED) is 0.836. The van der Waals surface area contributed by atoms with Crippen molar-refractivity contribution in [3.63, 3.8) is 0 Å². The number of aryl methyl sites for hydroxylation is 1. The van der Waals surface area contributed by atoms with E-state index in [4.69, 9.17) is 10.2 Å². The molecule has 2 unspecified atom stereocenters. The van der Waals surface area contributed by atoms with Gasteiger partial charge in [-0.25, -0.2) is 0 Å². The molecule has 2 atom stereocenters. The van der Waals surface area contributed by atoms with Crippen LogP contribution in [-0.2, 0) is 0 Å². The van der Waals surface area contributed by atoms with E-state index in [-0.39, 0.29) is 12.1 Å². The Hall–Kier alpha value is -0.800. The van der Waals surface area contributed by atoms with Crippen LogP contribution in [0.15, 0.2) is 16.5 Å². The summed E-state index contributed by atoms with van der Waals surface area (Å²) in [7, 11) is 0. The van der Waals surface area contributed by atoms with Crippen LogP contribution in [0, 0.1) is 6.92 Å². The maximum atomic E-state index is 6.28. The Kier molecular flexibility index (Phi) is 3.66. The van der Waals surface area contributed by atoms with Crippen LogP contribution < -0.4 is 5.73 Å². The lowest BCUT2D eigenvalue weighted by Gasteiger charge is -2.30. The van der Waals surface area contributed by atoms with Crippen LogP contribution in [0.5, 0.6) is 0 Å². The van der Waals surface area contributed by atoms with Gasteiger partial charge in [-0.15, -0.1) is 0 Å². The minimum absolute atomic E-state index is 0.202. The molecule has 0 radical (unpaired) electrons. The molecule has 1 aliphatic rings. The maximum Gasteiger partial charge on any atom is 0.122 e. The number of likely N-dealkylation sites (tertiary alicyclic amines) is 1. The van der Waals surface area contributed by atoms with Crippen LogP contribution in [0.3, 0.4) is 0 Å². The van der Waals surface area contributed by atoms with Crippen molar-refractivity contribution in [2.75, 3.05) is 13.1 Å². The van der Waals surface area contributed by atoms with Crippen LogP contribution in [0.2, 0.25) is 0 Å². The van der Waals surface area contributed by atoms with Gasteiger partial charge in [0.15, 0.2) is 0 Å². The summed E-state index contributed by atoms with van der Waals surface area (Å²) in [4.78, 5) is 2.44. The third kappa shape index (κ3) is 2.30. The van der Waals surface area contributed by atoms with Gasteiger partial charge in [-0.2, -0.15) is 0 Å². The summed E-state index contributed by atoms with van der Waals surface area (Å²) in [5.74, 6) is 2.01. The predicted molar refractivity (Wildman–Crippen MR) is 65.3 cm³/mol. The SMILES string of the molecule is CCN1CCCCC(N)C1c1ccc(C)o1. The molecule has 0 amide bonds. The van der Waals surface area contributed by atoms with E-state index < -0.39 is 0 Å². The third-order valence-corrected chi connectivity index (χ3v) is 3.49. The van der Waals surface area contributed by atoms with Gasteiger partial charge in [0.1, 0.15) is 11.5 Å². The molecule has 2 N–H and O–H groups in total. The molecule has 0 aliphatic carbocycles. The molecule has 90 valence electrons. The number of furan rings is 1. The van der Waals surface area contributed by atoms with Crippen LogP contribution >= 0.6 is 0 Å². The largest absolute Gasteiger partial charge is 0.465 e. The first-order valence-corrected chi connectivity index (χ1v) is 6.28. The minimum atomic E-state index is 0.202. The summed E-state index contributed by atoms with van der Waals surface area (Å²) in [6.07, 6.45) is 3.58. The van der Waals surface area contributed by atoms with E-state index in [1.807, 2.05) is 13.0 Å². The van der Waals surface area contributed by atoms with Crippen molar-refractivity contribution in [1.29, 1.82) is 0 Å². The molecule has 2 heterocycles. The lowest BCUT2D eigenvalue weighted by Crippen LogP contribution is -2.39. The Morgan fingerprint density at radius 2 is 2.25 bits per heavy atom. The molecule has 3 heteroatoms. The van der Waals surface area contributed by atoms with E-state index in [1.165, 1.54) is 12.8 Å². The highest BCUT2D eigenvalue weighted by molar-refractivity contribution is 5.12. The lowest BCUT2D eigenvalue weighted by atomic mass is 10.0. The van der Waals surface area contributed by atoms with Crippen molar-refractivity contribution >= 4 is 0 Å². The van der Waals surface area contributed by atoms with E-state index in [9.17, 15) is 0 Å². The Morgan fingerprint density at radius 1 is 1.44 bits per heavy atom. The van der Waals surface area contributed by atoms with Crippen molar-refractivity contribution in [2.24, 2.45) is 5.73 Å². The maximum absolute atomic E-state index is 6.28. The lowest BCUT2D eigenvalue weighted by molar-refractivity contribution is 0.169. The van der Waals surface area contributed by atoms with Crippen LogP contribution in [0.25, 0.3) is 0 Å². The average molecular weight is 222 g/mol. The van der Waals surface area contributed by atoms with Gasteiger partial charge in [0, 0.05) is 6.04 Å². The van der Waals surface area contributed by atoms with E-state index in [0.29, 0.717) is 0 Å². The van der Waals surface area contributed by atoms with Crippen molar-refractivity contribution in [3.05, 3.63) is 23.7 Å². The van der Waals surface area contributed by atoms with Gasteiger partial charge in [0.2, 0.25) is 0 Å². The molecule has 1 aromatic heterocycles. The zero-order valence-corrected chi connectivity index (χ0v) is 10.3. The summed E-state index contributed by atoms with van der Waals surface area (Å²) in [5.41, 5.74) is 6.28. The summed E-state index contributed by atoms with van der Waals surface area (Å²) in [6, 6.07) is 4.57. The highest BCUT2D eigenvalue weighted by Gasteiger charge is 2.29. The van der Waals surface area contributed by atoms with Gasteiger partial charge in [0.25, 0.3) is 0 Å². The molecule has 1 aromatic rings. The van der Waals surface area contributed by atoms with Gasteiger partial charge in [-0.3, -0.25) is 4.90 Å². The fraction of sp³-hybridized carbons (Fsp3) is 0.692. The summed E-state index contributed by atoms with van der Waals surface area (Å²) in [6.45, 7) is 6.36. The van der Waals surface area contributed by atoms with Crippen molar-refractivity contribution in [1.82, 2.24) is 4.90 Å². The first kappa shape index (κ1) is 11.7. The Balaban J connectivity index is 2.25. The monoisotopic (exact) mass is 222 g/mol. The second kappa shape index (κ2) is 5.02. The van der Waals surface area contributed by atoms with Crippen LogP contribution in [0.4, 0.5) is 0 Å². The Labute approximate surface area is 97.6 Å². The predicted octanol–water partition coefficient (Wildman–Crippen LogP) is 2.46. The first-order chi connectivity index (χ1) is 7.72. The number of nitrogens with two attached hydrogens (primary N) is 1. The minimum Gasteiger partial charge on any atom is -0.465 e. The Bertz CT molecular complexity index is 334. The molecule has 16 heavy (non-hydrogen) atoms. The van der Waals surface area contributed by atoms with Crippen molar-refractivity contribution < 1.29 is 4.42 Å². The number of rotatable bonds is 2. The number of likely N-dealkylation sites (N-methyl/N-ethyl adjacent to an activating group) is 1. The number of hydrogen-bond acceptors (Lipinski definition) is 3. The highest BCUT2D eigenvalue weighted by atomic mass is 16.3. The molecular formula is C13H22N2O. The molecular weight excluding hydrogens is 200 g/mol. The normalized spacial score (nSPS) is 27.9. The summed E-state index contributed by atoms with van der Waals surface area (Å²) < 4.78 is 5.76. The van der Waals surface area contributed by atoms with Gasteiger partial charge in [0.05, 0.1) is 6.04 Å². The topological polar surface area (TPSA) is 42.4 Å². The molecule has 0 bridgehead atoms. The molecule has 0 aromatic carbocycles. The zero-order chi connectivity index (χ0) is 11.5. The highest BCUT2D eigenvalue weighted by Crippen LogP contribution is 2.30. The standard InChI is InChI=1S/C13H22N2O/c1-3-15-9-5-4-6-11(14)13(15)12-8-7-10(2)16-12/h7-8,11,13H,3-6,9,14H2,1-2H3. The van der Waals surface area contributed by atoms with E-state index >= 15 is 0 Å². The molecule has 2 rings (SSSR count). The van der Waals surface area contributed by atoms with Crippen LogP contribution in [0.1, 0.15) is 43.7 Å². The molecule has 1 aliphatic heterocycles. The van der Waals surface area contributed by atoms with E-state index in [1.54, 1.807) is 0 Å². The second-order valence-corrected chi connectivity index (χ2v) is 4.68. The van der Waals surface area contributed by atoms with Gasteiger partial charge in [-0.1, -0.05) is 13.3 Å². The number of nitrogens with zero attached hydrogens (tertiary/aromatic N) is 1. The van der Waals surface area contributed by atoms with Gasteiger partial charge >= 0.3 is 0 Å². The van der Waals surface area contributed by atoms with Crippen LogP contribution in [-0.4, -0.2) is 24.0 Å². The molecule has 0 spiro atoms. The smallest absolute Gasteiger partial charge is 0.122 e.